The van der Waals surface area contributed by atoms with Crippen molar-refractivity contribution in [2.24, 2.45) is 0 Å². The maximum Gasteiger partial charge on any atom is 0.271 e. The lowest BCUT2D eigenvalue weighted by Crippen LogP contribution is -2.51. The van der Waals surface area contributed by atoms with E-state index in [4.69, 9.17) is 4.74 Å². The van der Waals surface area contributed by atoms with Crippen molar-refractivity contribution in [3.05, 3.63) is 11.8 Å². The van der Waals surface area contributed by atoms with Gasteiger partial charge in [-0.15, -0.1) is 0 Å². The SMILES string of the molecule is CC(C)S(=O)(=O)N1CCN(CCNC(=O)c2cc3n(n2)CCO3)CC1. The fourth-order valence-corrected chi connectivity index (χ4v) is 4.22. The first kappa shape index (κ1) is 18.2. The monoisotopic (exact) mass is 371 g/mol. The molecular weight excluding hydrogens is 346 g/mol. The molecule has 0 atom stereocenters. The number of aromatic nitrogens is 2. The van der Waals surface area contributed by atoms with E-state index in [0.29, 0.717) is 64.0 Å². The van der Waals surface area contributed by atoms with Crippen LogP contribution in [0.3, 0.4) is 0 Å². The molecule has 25 heavy (non-hydrogen) atoms. The molecule has 9 nitrogen and oxygen atoms in total. The van der Waals surface area contributed by atoms with Crippen molar-refractivity contribution in [1.29, 1.82) is 0 Å². The first-order chi connectivity index (χ1) is 11.9. The predicted molar refractivity (Wildman–Crippen MR) is 92.1 cm³/mol. The molecule has 0 aliphatic carbocycles. The number of nitrogens with zero attached hydrogens (tertiary/aromatic N) is 4. The van der Waals surface area contributed by atoms with E-state index in [0.717, 1.165) is 0 Å². The zero-order valence-corrected chi connectivity index (χ0v) is 15.5. The van der Waals surface area contributed by atoms with E-state index in [2.05, 4.69) is 15.3 Å². The number of rotatable bonds is 6. The first-order valence-electron chi connectivity index (χ1n) is 8.58. The zero-order valence-electron chi connectivity index (χ0n) is 14.6. The van der Waals surface area contributed by atoms with Crippen LogP contribution in [0.25, 0.3) is 0 Å². The van der Waals surface area contributed by atoms with E-state index < -0.39 is 10.0 Å². The number of fused-ring (bicyclic) bond motifs is 1. The lowest BCUT2D eigenvalue weighted by Gasteiger charge is -2.34. The van der Waals surface area contributed by atoms with Crippen LogP contribution in [-0.2, 0) is 16.6 Å². The molecule has 3 rings (SSSR count). The van der Waals surface area contributed by atoms with Crippen molar-refractivity contribution in [3.63, 3.8) is 0 Å². The van der Waals surface area contributed by atoms with Gasteiger partial charge >= 0.3 is 0 Å². The third-order valence-electron chi connectivity index (χ3n) is 4.53. The van der Waals surface area contributed by atoms with Crippen molar-refractivity contribution in [2.75, 3.05) is 45.9 Å². The normalized spacial score (nSPS) is 19.0. The standard InChI is InChI=1S/C15H25N5O4S/c1-12(2)25(22,23)19-7-5-18(6-8-19)4-3-16-15(21)13-11-14-20(17-13)9-10-24-14/h11-12H,3-10H2,1-2H3,(H,16,21). The second-order valence-corrected chi connectivity index (χ2v) is 9.02. The van der Waals surface area contributed by atoms with Crippen LogP contribution in [0.4, 0.5) is 0 Å². The molecule has 2 aliphatic heterocycles. The Labute approximate surface area is 148 Å². The second-order valence-electron chi connectivity index (χ2n) is 6.53. The van der Waals surface area contributed by atoms with Gasteiger partial charge in [0.25, 0.3) is 5.91 Å². The van der Waals surface area contributed by atoms with Gasteiger partial charge in [0.2, 0.25) is 15.9 Å². The Hall–Kier alpha value is -1.65. The molecule has 0 spiro atoms. The highest BCUT2D eigenvalue weighted by Crippen LogP contribution is 2.18. The van der Waals surface area contributed by atoms with E-state index in [1.807, 2.05) is 0 Å². The molecule has 0 unspecified atom stereocenters. The topological polar surface area (TPSA) is 96.8 Å². The average molecular weight is 371 g/mol. The largest absolute Gasteiger partial charge is 0.476 e. The molecule has 0 saturated carbocycles. The minimum Gasteiger partial charge on any atom is -0.476 e. The van der Waals surface area contributed by atoms with Crippen molar-refractivity contribution >= 4 is 15.9 Å². The number of nitrogens with one attached hydrogen (secondary N) is 1. The summed E-state index contributed by atoms with van der Waals surface area (Å²) in [5.41, 5.74) is 0.363. The van der Waals surface area contributed by atoms with Gasteiger partial charge in [0.15, 0.2) is 5.69 Å². The van der Waals surface area contributed by atoms with E-state index >= 15 is 0 Å². The van der Waals surface area contributed by atoms with Gasteiger partial charge in [-0.05, 0) is 13.8 Å². The molecule has 3 heterocycles. The quantitative estimate of drug-likeness (QED) is 0.715. The number of carbonyl (C=O) groups excluding carboxylic acids is 1. The minimum atomic E-state index is -3.18. The van der Waals surface area contributed by atoms with E-state index in [-0.39, 0.29) is 11.2 Å². The Morgan fingerprint density at radius 1 is 1.28 bits per heavy atom. The lowest BCUT2D eigenvalue weighted by atomic mass is 10.3. The summed E-state index contributed by atoms with van der Waals surface area (Å²) in [5.74, 6) is 0.416. The number of amides is 1. The molecular formula is C15H25N5O4S. The summed E-state index contributed by atoms with van der Waals surface area (Å²) in [4.78, 5) is 14.3. The molecule has 1 aromatic heterocycles. The van der Waals surface area contributed by atoms with Crippen molar-refractivity contribution in [2.45, 2.75) is 25.6 Å². The van der Waals surface area contributed by atoms with Gasteiger partial charge in [0, 0.05) is 45.3 Å². The van der Waals surface area contributed by atoms with Crippen LogP contribution >= 0.6 is 0 Å². The van der Waals surface area contributed by atoms with Crippen LogP contribution in [0.1, 0.15) is 24.3 Å². The summed E-state index contributed by atoms with van der Waals surface area (Å²) in [6, 6.07) is 1.65. The molecule has 1 amide bonds. The molecule has 10 heteroatoms. The summed E-state index contributed by atoms with van der Waals surface area (Å²) in [6.45, 7) is 8.21. The van der Waals surface area contributed by atoms with Gasteiger partial charge in [0.05, 0.1) is 11.8 Å². The highest BCUT2D eigenvalue weighted by molar-refractivity contribution is 7.89. The van der Waals surface area contributed by atoms with Crippen LogP contribution in [0, 0.1) is 0 Å². The Morgan fingerprint density at radius 3 is 2.64 bits per heavy atom. The Kier molecular flexibility index (Phi) is 5.30. The third kappa shape index (κ3) is 3.96. The molecule has 0 bridgehead atoms. The Bertz CT molecular complexity index is 701. The van der Waals surface area contributed by atoms with Crippen molar-refractivity contribution in [3.8, 4) is 5.88 Å². The smallest absolute Gasteiger partial charge is 0.271 e. The summed E-state index contributed by atoms with van der Waals surface area (Å²) < 4.78 is 32.9. The zero-order chi connectivity index (χ0) is 18.0. The van der Waals surface area contributed by atoms with E-state index in [9.17, 15) is 13.2 Å². The van der Waals surface area contributed by atoms with E-state index in [1.54, 1.807) is 28.9 Å². The Morgan fingerprint density at radius 2 is 2.00 bits per heavy atom. The number of ether oxygens (including phenoxy) is 1. The fourth-order valence-electron chi connectivity index (χ4n) is 2.95. The summed E-state index contributed by atoms with van der Waals surface area (Å²) in [6.07, 6.45) is 0. The van der Waals surface area contributed by atoms with Gasteiger partial charge in [-0.1, -0.05) is 0 Å². The fraction of sp³-hybridized carbons (Fsp3) is 0.733. The van der Waals surface area contributed by atoms with E-state index in [1.165, 1.54) is 0 Å². The maximum absolute atomic E-state index is 12.1. The van der Waals surface area contributed by atoms with Crippen LogP contribution in [0.2, 0.25) is 0 Å². The summed E-state index contributed by atoms with van der Waals surface area (Å²) in [7, 11) is -3.18. The molecule has 2 aliphatic rings. The van der Waals surface area contributed by atoms with Crippen LogP contribution in [0.5, 0.6) is 5.88 Å². The molecule has 1 saturated heterocycles. The van der Waals surface area contributed by atoms with Crippen LogP contribution in [0.15, 0.2) is 6.07 Å². The molecule has 1 aromatic rings. The molecule has 1 fully saturated rings. The number of carbonyl (C=O) groups is 1. The minimum absolute atomic E-state index is 0.216. The molecule has 1 N–H and O–H groups in total. The number of piperazine rings is 1. The molecule has 140 valence electrons. The van der Waals surface area contributed by atoms with Crippen LogP contribution < -0.4 is 10.1 Å². The third-order valence-corrected chi connectivity index (χ3v) is 6.81. The van der Waals surface area contributed by atoms with Gasteiger partial charge in [0.1, 0.15) is 6.61 Å². The lowest BCUT2D eigenvalue weighted by molar-refractivity contribution is 0.0939. The first-order valence-corrected chi connectivity index (χ1v) is 10.1. The highest BCUT2D eigenvalue weighted by Gasteiger charge is 2.29. The van der Waals surface area contributed by atoms with Gasteiger partial charge < -0.3 is 10.1 Å². The number of sulfonamides is 1. The van der Waals surface area contributed by atoms with Crippen LogP contribution in [-0.4, -0.2) is 84.4 Å². The molecule has 0 radical (unpaired) electrons. The predicted octanol–water partition coefficient (Wildman–Crippen LogP) is -0.639. The maximum atomic E-state index is 12.1. The number of hydrogen-bond donors (Lipinski definition) is 1. The number of hydrogen-bond acceptors (Lipinski definition) is 6. The average Bonchev–Trinajstić information content (AvgIpc) is 3.16. The van der Waals surface area contributed by atoms with Gasteiger partial charge in [-0.2, -0.15) is 9.40 Å². The molecule has 0 aromatic carbocycles. The summed E-state index contributed by atoms with van der Waals surface area (Å²) in [5, 5.41) is 6.66. The highest BCUT2D eigenvalue weighted by atomic mass is 32.2. The summed E-state index contributed by atoms with van der Waals surface area (Å²) >= 11 is 0. The van der Waals surface area contributed by atoms with Crippen molar-refractivity contribution < 1.29 is 17.9 Å². The Balaban J connectivity index is 1.41. The van der Waals surface area contributed by atoms with Gasteiger partial charge in [-0.3, -0.25) is 9.69 Å². The second kappa shape index (κ2) is 7.30. The van der Waals surface area contributed by atoms with Gasteiger partial charge in [-0.25, -0.2) is 13.1 Å². The van der Waals surface area contributed by atoms with Crippen molar-refractivity contribution in [1.82, 2.24) is 24.3 Å².